The Labute approximate surface area is 122 Å². The summed E-state index contributed by atoms with van der Waals surface area (Å²) >= 11 is 5.87. The van der Waals surface area contributed by atoms with E-state index in [4.69, 9.17) is 27.2 Å². The number of rotatable bonds is 2. The third-order valence-corrected chi connectivity index (χ3v) is 3.77. The molecule has 3 rings (SSSR count). The second-order valence-corrected chi connectivity index (χ2v) is 5.06. The summed E-state index contributed by atoms with van der Waals surface area (Å²) in [5.74, 6) is -1.13. The van der Waals surface area contributed by atoms with Gasteiger partial charge in [-0.1, -0.05) is 11.6 Å². The zero-order valence-electron chi connectivity index (χ0n) is 10.5. The number of aromatic nitrogens is 3. The van der Waals surface area contributed by atoms with Gasteiger partial charge in [-0.3, -0.25) is 4.57 Å². The maximum absolute atomic E-state index is 13.6. The van der Waals surface area contributed by atoms with Gasteiger partial charge in [0.1, 0.15) is 28.9 Å². The van der Waals surface area contributed by atoms with Crippen molar-refractivity contribution in [1.82, 2.24) is 14.5 Å². The van der Waals surface area contributed by atoms with Gasteiger partial charge in [0, 0.05) is 0 Å². The van der Waals surface area contributed by atoms with Crippen LogP contribution in [0.4, 0.5) is 10.2 Å². The smallest absolute Gasteiger partial charge is 0.235 e. The minimum atomic E-state index is -1.34. The van der Waals surface area contributed by atoms with Gasteiger partial charge in [-0.25, -0.2) is 4.98 Å². The second-order valence-electron chi connectivity index (χ2n) is 4.68. The number of hydrogen-bond donors (Lipinski definition) is 4. The fourth-order valence-corrected chi connectivity index (χ4v) is 2.60. The van der Waals surface area contributed by atoms with E-state index in [0.29, 0.717) is 0 Å². The van der Waals surface area contributed by atoms with Gasteiger partial charge < -0.3 is 25.8 Å². The molecule has 1 fully saturated rings. The number of imidazole rings is 1. The van der Waals surface area contributed by atoms with E-state index in [9.17, 15) is 14.6 Å². The number of pyridine rings is 1. The molecule has 0 aliphatic carbocycles. The van der Waals surface area contributed by atoms with Crippen molar-refractivity contribution in [2.45, 2.75) is 24.5 Å². The average Bonchev–Trinajstić information content (AvgIpc) is 3.00. The lowest BCUT2D eigenvalue weighted by Crippen LogP contribution is -2.33. The fourth-order valence-electron chi connectivity index (χ4n) is 2.37. The van der Waals surface area contributed by atoms with Crippen molar-refractivity contribution >= 4 is 28.5 Å². The van der Waals surface area contributed by atoms with E-state index < -0.39 is 37.1 Å². The highest BCUT2D eigenvalue weighted by molar-refractivity contribution is 6.35. The highest BCUT2D eigenvalue weighted by Crippen LogP contribution is 2.35. The Hall–Kier alpha value is -1.52. The van der Waals surface area contributed by atoms with Crippen LogP contribution in [0.25, 0.3) is 11.0 Å². The molecule has 2 aromatic rings. The molecule has 0 radical (unpaired) electrons. The van der Waals surface area contributed by atoms with Crippen molar-refractivity contribution in [2.75, 3.05) is 12.3 Å². The summed E-state index contributed by atoms with van der Waals surface area (Å²) in [4.78, 5) is 7.38. The Morgan fingerprint density at radius 2 is 2.14 bits per heavy atom. The average molecular weight is 319 g/mol. The first-order chi connectivity index (χ1) is 9.95. The maximum Gasteiger partial charge on any atom is 0.235 e. The van der Waals surface area contributed by atoms with E-state index >= 15 is 0 Å². The molecule has 21 heavy (non-hydrogen) atoms. The van der Waals surface area contributed by atoms with E-state index in [2.05, 4.69) is 9.97 Å². The maximum atomic E-state index is 13.6. The van der Waals surface area contributed by atoms with Crippen molar-refractivity contribution in [3.05, 3.63) is 17.3 Å². The van der Waals surface area contributed by atoms with Gasteiger partial charge in [-0.05, 0) is 0 Å². The zero-order valence-corrected chi connectivity index (χ0v) is 11.3. The van der Waals surface area contributed by atoms with Crippen LogP contribution in [0, 0.1) is 5.95 Å². The molecule has 0 spiro atoms. The highest BCUT2D eigenvalue weighted by Gasteiger charge is 2.44. The van der Waals surface area contributed by atoms with Gasteiger partial charge >= 0.3 is 0 Å². The van der Waals surface area contributed by atoms with Crippen molar-refractivity contribution in [3.8, 4) is 0 Å². The van der Waals surface area contributed by atoms with Crippen LogP contribution in [0.2, 0.25) is 5.02 Å². The lowest BCUT2D eigenvalue weighted by Gasteiger charge is -2.17. The van der Waals surface area contributed by atoms with Crippen LogP contribution in [0.1, 0.15) is 6.23 Å². The van der Waals surface area contributed by atoms with Crippen molar-refractivity contribution < 1.29 is 24.4 Å². The Morgan fingerprint density at radius 1 is 1.43 bits per heavy atom. The number of ether oxygens (including phenoxy) is 1. The van der Waals surface area contributed by atoms with Crippen LogP contribution in [0.15, 0.2) is 6.33 Å². The lowest BCUT2D eigenvalue weighted by atomic mass is 10.1. The predicted molar refractivity (Wildman–Crippen MR) is 69.9 cm³/mol. The number of hydrogen-bond acceptors (Lipinski definition) is 7. The standard InChI is InChI=1S/C11H12ClFN4O4/c12-4-6-5(10(14)16-9(4)13)15-2-17(6)11-8(20)7(19)3(1-18)21-11/h2-3,7-8,11,18-20H,1H2,(H2,14,16)/t3-,7-,8-,11-/m1/s1. The third kappa shape index (κ3) is 2.05. The summed E-state index contributed by atoms with van der Waals surface area (Å²) < 4.78 is 20.2. The Morgan fingerprint density at radius 3 is 2.76 bits per heavy atom. The number of fused-ring (bicyclic) bond motifs is 1. The van der Waals surface area contributed by atoms with Crippen LogP contribution >= 0.6 is 11.6 Å². The molecule has 0 aromatic carbocycles. The second kappa shape index (κ2) is 5.04. The Balaban J connectivity index is 2.14. The van der Waals surface area contributed by atoms with Gasteiger partial charge in [-0.15, -0.1) is 0 Å². The number of nitrogens with two attached hydrogens (primary N) is 1. The molecule has 0 bridgehead atoms. The number of halogens is 2. The monoisotopic (exact) mass is 318 g/mol. The summed E-state index contributed by atoms with van der Waals surface area (Å²) in [6.45, 7) is -0.479. The molecule has 4 atom stereocenters. The van der Waals surface area contributed by atoms with Gasteiger partial charge in [0.2, 0.25) is 5.95 Å². The van der Waals surface area contributed by atoms with Crippen LogP contribution < -0.4 is 5.73 Å². The number of nitrogen functional groups attached to an aromatic ring is 1. The summed E-state index contributed by atoms with van der Waals surface area (Å²) in [5, 5.41) is 28.5. The molecule has 1 aliphatic heterocycles. The number of aliphatic hydroxyl groups excluding tert-OH is 3. The molecule has 1 saturated heterocycles. The Kier molecular flexibility index (Phi) is 3.46. The van der Waals surface area contributed by atoms with Gasteiger partial charge in [0.25, 0.3) is 0 Å². The van der Waals surface area contributed by atoms with Gasteiger partial charge in [0.05, 0.1) is 18.5 Å². The van der Waals surface area contributed by atoms with E-state index in [1.54, 1.807) is 0 Å². The molecule has 8 nitrogen and oxygen atoms in total. The van der Waals surface area contributed by atoms with Crippen molar-refractivity contribution in [3.63, 3.8) is 0 Å². The summed E-state index contributed by atoms with van der Waals surface area (Å²) in [6.07, 6.45) is -3.44. The molecule has 114 valence electrons. The molecule has 0 unspecified atom stereocenters. The number of aliphatic hydroxyl groups is 3. The van der Waals surface area contributed by atoms with Crippen LogP contribution in [-0.4, -0.2) is 54.8 Å². The predicted octanol–water partition coefficient (Wildman–Crippen LogP) is -0.583. The van der Waals surface area contributed by atoms with Crippen molar-refractivity contribution in [1.29, 1.82) is 0 Å². The minimum Gasteiger partial charge on any atom is -0.394 e. The van der Waals surface area contributed by atoms with Gasteiger partial charge in [-0.2, -0.15) is 9.37 Å². The third-order valence-electron chi connectivity index (χ3n) is 3.44. The molecule has 5 N–H and O–H groups in total. The molecule has 0 saturated carbocycles. The largest absolute Gasteiger partial charge is 0.394 e. The van der Waals surface area contributed by atoms with Gasteiger partial charge in [0.15, 0.2) is 12.0 Å². The van der Waals surface area contributed by atoms with E-state index in [1.165, 1.54) is 10.9 Å². The lowest BCUT2D eigenvalue weighted by molar-refractivity contribution is -0.0508. The molecule has 2 aromatic heterocycles. The summed E-state index contributed by atoms with van der Waals surface area (Å²) in [7, 11) is 0. The quantitative estimate of drug-likeness (QED) is 0.545. The molecule has 1 aliphatic rings. The first-order valence-electron chi connectivity index (χ1n) is 6.05. The van der Waals surface area contributed by atoms with E-state index in [0.717, 1.165) is 0 Å². The van der Waals surface area contributed by atoms with E-state index in [-0.39, 0.29) is 21.9 Å². The minimum absolute atomic E-state index is 0.0940. The first-order valence-corrected chi connectivity index (χ1v) is 6.43. The SMILES string of the molecule is Nc1nc(F)c(Cl)c2c1ncn2[C@@H]1O[C@H](CO)[C@@H](O)[C@H]1O. The zero-order chi connectivity index (χ0) is 15.3. The summed E-state index contributed by atoms with van der Waals surface area (Å²) in [5.41, 5.74) is 5.82. The molecule has 3 heterocycles. The molecule has 0 amide bonds. The van der Waals surface area contributed by atoms with Crippen LogP contribution in [0.3, 0.4) is 0 Å². The normalized spacial score (nSPS) is 29.4. The van der Waals surface area contributed by atoms with Crippen LogP contribution in [-0.2, 0) is 4.74 Å². The van der Waals surface area contributed by atoms with Crippen molar-refractivity contribution in [2.24, 2.45) is 0 Å². The summed E-state index contributed by atoms with van der Waals surface area (Å²) in [6, 6.07) is 0. The fraction of sp³-hybridized carbons (Fsp3) is 0.455. The number of anilines is 1. The molecule has 10 heteroatoms. The molecular weight excluding hydrogens is 307 g/mol. The van der Waals surface area contributed by atoms with Crippen LogP contribution in [0.5, 0.6) is 0 Å². The topological polar surface area (TPSA) is 127 Å². The molecular formula is C11H12ClFN4O4. The van der Waals surface area contributed by atoms with E-state index in [1.807, 2.05) is 0 Å². The Bertz CT molecular complexity index is 696. The number of nitrogens with zero attached hydrogens (tertiary/aromatic N) is 3. The highest BCUT2D eigenvalue weighted by atomic mass is 35.5. The first kappa shape index (κ1) is 14.4.